The molecule has 0 unspecified atom stereocenters. The summed E-state index contributed by atoms with van der Waals surface area (Å²) in [5.74, 6) is -0.550. The number of sulfonamides is 1. The average Bonchev–Trinajstić information content (AvgIpc) is 2.84. The zero-order valence-corrected chi connectivity index (χ0v) is 19.9. The third kappa shape index (κ3) is 6.00. The Morgan fingerprint density at radius 1 is 1.00 bits per heavy atom. The van der Waals surface area contributed by atoms with E-state index in [1.54, 1.807) is 24.3 Å². The van der Waals surface area contributed by atoms with Gasteiger partial charge >= 0.3 is 0 Å². The molecule has 0 aliphatic heterocycles. The van der Waals surface area contributed by atoms with Gasteiger partial charge in [0.1, 0.15) is 10.7 Å². The topological polar surface area (TPSA) is 88.2 Å². The van der Waals surface area contributed by atoms with Crippen LogP contribution < -0.4 is 10.0 Å². The zero-order chi connectivity index (χ0) is 24.1. The molecule has 2 aromatic carbocycles. The van der Waals surface area contributed by atoms with Gasteiger partial charge < -0.3 is 5.32 Å². The average molecular weight is 502 g/mol. The molecule has 9 heteroatoms. The van der Waals surface area contributed by atoms with Crippen molar-refractivity contribution < 1.29 is 17.6 Å². The second kappa shape index (κ2) is 10.6. The smallest absolute Gasteiger partial charge is 0.242 e. The van der Waals surface area contributed by atoms with Crippen molar-refractivity contribution in [1.82, 2.24) is 15.0 Å². The Bertz CT molecular complexity index is 1240. The summed E-state index contributed by atoms with van der Waals surface area (Å²) in [6.07, 6.45) is 3.64. The third-order valence-corrected chi connectivity index (χ3v) is 7.83. The van der Waals surface area contributed by atoms with Crippen molar-refractivity contribution in [3.8, 4) is 11.3 Å². The molecule has 1 aliphatic rings. The van der Waals surface area contributed by atoms with Crippen LogP contribution in [0.1, 0.15) is 31.2 Å². The first-order valence-electron chi connectivity index (χ1n) is 11.1. The maximum atomic E-state index is 13.0. The van der Waals surface area contributed by atoms with Crippen LogP contribution in [0, 0.1) is 11.7 Å². The summed E-state index contributed by atoms with van der Waals surface area (Å²) in [6, 6.07) is 16.1. The predicted octanol–water partition coefficient (Wildman–Crippen LogP) is 4.69. The third-order valence-electron chi connectivity index (χ3n) is 6.00. The monoisotopic (exact) mass is 501 g/mol. The highest BCUT2D eigenvalue weighted by Gasteiger charge is 2.29. The van der Waals surface area contributed by atoms with E-state index in [1.165, 1.54) is 24.4 Å². The highest BCUT2D eigenvalue weighted by molar-refractivity contribution is 7.89. The van der Waals surface area contributed by atoms with Gasteiger partial charge in [0.05, 0.1) is 5.69 Å². The molecule has 1 heterocycles. The number of nitrogens with zero attached hydrogens (tertiary/aromatic N) is 1. The fourth-order valence-electron chi connectivity index (χ4n) is 4.06. The van der Waals surface area contributed by atoms with Crippen molar-refractivity contribution in [2.24, 2.45) is 5.92 Å². The number of halogens is 2. The first-order chi connectivity index (χ1) is 16.3. The summed E-state index contributed by atoms with van der Waals surface area (Å²) in [5.41, 5.74) is 2.15. The quantitative estimate of drug-likeness (QED) is 0.491. The minimum atomic E-state index is -3.73. The maximum Gasteiger partial charge on any atom is 0.242 e. The van der Waals surface area contributed by atoms with E-state index in [-0.39, 0.29) is 28.6 Å². The molecule has 178 valence electrons. The van der Waals surface area contributed by atoms with E-state index in [0.29, 0.717) is 42.9 Å². The summed E-state index contributed by atoms with van der Waals surface area (Å²) in [6.45, 7) is 0.336. The Morgan fingerprint density at radius 2 is 1.71 bits per heavy atom. The van der Waals surface area contributed by atoms with E-state index in [1.807, 2.05) is 18.2 Å². The van der Waals surface area contributed by atoms with Crippen LogP contribution in [0.25, 0.3) is 11.3 Å². The summed E-state index contributed by atoms with van der Waals surface area (Å²) < 4.78 is 41.4. The van der Waals surface area contributed by atoms with Gasteiger partial charge in [-0.15, -0.1) is 0 Å². The molecule has 0 saturated heterocycles. The second-order valence-corrected chi connectivity index (χ2v) is 10.5. The summed E-state index contributed by atoms with van der Waals surface area (Å²) >= 11 is 6.20. The lowest BCUT2D eigenvalue weighted by Crippen LogP contribution is -2.40. The Morgan fingerprint density at radius 3 is 2.35 bits per heavy atom. The molecule has 0 atom stereocenters. The van der Waals surface area contributed by atoms with E-state index in [9.17, 15) is 17.6 Å². The molecule has 4 rings (SSSR count). The second-order valence-electron chi connectivity index (χ2n) is 8.37. The Balaban J connectivity index is 1.29. The first-order valence-corrected chi connectivity index (χ1v) is 12.9. The molecule has 1 amide bonds. The van der Waals surface area contributed by atoms with Crippen LogP contribution in [0.2, 0.25) is 5.02 Å². The van der Waals surface area contributed by atoms with Crippen LogP contribution in [0.15, 0.2) is 71.8 Å². The van der Waals surface area contributed by atoms with Crippen LogP contribution >= 0.6 is 11.6 Å². The lowest BCUT2D eigenvalue weighted by atomic mass is 9.86. The van der Waals surface area contributed by atoms with Crippen LogP contribution in [-0.4, -0.2) is 25.4 Å². The molecule has 1 aliphatic carbocycles. The van der Waals surface area contributed by atoms with Gasteiger partial charge in [-0.1, -0.05) is 41.9 Å². The van der Waals surface area contributed by atoms with E-state index in [4.69, 9.17) is 11.6 Å². The Hall–Kier alpha value is -2.81. The van der Waals surface area contributed by atoms with Gasteiger partial charge in [0, 0.05) is 35.3 Å². The molecular formula is C25H25ClFN3O3S. The highest BCUT2D eigenvalue weighted by atomic mass is 35.5. The fraction of sp³-hybridized carbons (Fsp3) is 0.280. The SMILES string of the molecule is O=C(NCc1ccc(F)cc1)[C@H]1CC[C@H](NS(=O)(=O)c2ccc(-c3ccccc3Cl)nc2)CC1. The standard InChI is InChI=1S/C25H25ClFN3O3S/c26-23-4-2-1-3-22(23)24-14-13-21(16-28-24)34(32,33)30-20-11-7-18(8-12-20)25(31)29-15-17-5-9-19(27)10-6-17/h1-6,9-10,13-14,16,18,20,30H,7-8,11-12,15H2,(H,29,31)/t18-,20-. The maximum absolute atomic E-state index is 13.0. The number of amides is 1. The molecule has 2 N–H and O–H groups in total. The first kappa shape index (κ1) is 24.3. The van der Waals surface area contributed by atoms with E-state index in [0.717, 1.165) is 11.1 Å². The number of nitrogens with one attached hydrogen (secondary N) is 2. The number of carbonyl (C=O) groups is 1. The lowest BCUT2D eigenvalue weighted by Gasteiger charge is -2.28. The zero-order valence-electron chi connectivity index (χ0n) is 18.4. The minimum absolute atomic E-state index is 0.0648. The van der Waals surface area contributed by atoms with Gasteiger partial charge in [-0.25, -0.2) is 17.5 Å². The van der Waals surface area contributed by atoms with E-state index in [2.05, 4.69) is 15.0 Å². The normalized spacial score (nSPS) is 18.4. The fourth-order valence-corrected chi connectivity index (χ4v) is 5.55. The van der Waals surface area contributed by atoms with Crippen LogP contribution in [0.5, 0.6) is 0 Å². The molecule has 1 saturated carbocycles. The van der Waals surface area contributed by atoms with Crippen molar-refractivity contribution in [2.45, 2.75) is 43.2 Å². The lowest BCUT2D eigenvalue weighted by molar-refractivity contribution is -0.126. The molecule has 1 fully saturated rings. The molecule has 1 aromatic heterocycles. The molecular weight excluding hydrogens is 477 g/mol. The van der Waals surface area contributed by atoms with Gasteiger partial charge in [-0.05, 0) is 61.6 Å². The van der Waals surface area contributed by atoms with Crippen molar-refractivity contribution in [2.75, 3.05) is 0 Å². The molecule has 0 spiro atoms. The van der Waals surface area contributed by atoms with Crippen LogP contribution in [-0.2, 0) is 21.4 Å². The van der Waals surface area contributed by atoms with Crippen LogP contribution in [0.4, 0.5) is 4.39 Å². The number of aromatic nitrogens is 1. The van der Waals surface area contributed by atoms with Crippen molar-refractivity contribution in [3.05, 3.63) is 83.3 Å². The van der Waals surface area contributed by atoms with Gasteiger partial charge in [0.15, 0.2) is 0 Å². The Kier molecular flexibility index (Phi) is 7.60. The van der Waals surface area contributed by atoms with Crippen molar-refractivity contribution >= 4 is 27.5 Å². The van der Waals surface area contributed by atoms with Gasteiger partial charge in [0.25, 0.3) is 0 Å². The van der Waals surface area contributed by atoms with Gasteiger partial charge in [-0.2, -0.15) is 0 Å². The van der Waals surface area contributed by atoms with E-state index < -0.39 is 10.0 Å². The summed E-state index contributed by atoms with van der Waals surface area (Å²) in [5, 5.41) is 3.43. The predicted molar refractivity (Wildman–Crippen MR) is 129 cm³/mol. The molecule has 3 aromatic rings. The number of hydrogen-bond donors (Lipinski definition) is 2. The number of carbonyl (C=O) groups excluding carboxylic acids is 1. The molecule has 34 heavy (non-hydrogen) atoms. The Labute approximate surface area is 203 Å². The van der Waals surface area contributed by atoms with Crippen molar-refractivity contribution in [3.63, 3.8) is 0 Å². The largest absolute Gasteiger partial charge is 0.352 e. The molecule has 0 bridgehead atoms. The van der Waals surface area contributed by atoms with Crippen LogP contribution in [0.3, 0.4) is 0 Å². The number of hydrogen-bond acceptors (Lipinski definition) is 4. The number of pyridine rings is 1. The van der Waals surface area contributed by atoms with Crippen molar-refractivity contribution in [1.29, 1.82) is 0 Å². The molecule has 6 nitrogen and oxygen atoms in total. The number of rotatable bonds is 7. The van der Waals surface area contributed by atoms with E-state index >= 15 is 0 Å². The minimum Gasteiger partial charge on any atom is -0.352 e. The summed E-state index contributed by atoms with van der Waals surface area (Å²) in [4.78, 5) is 16.8. The van der Waals surface area contributed by atoms with Gasteiger partial charge in [-0.3, -0.25) is 9.78 Å². The highest BCUT2D eigenvalue weighted by Crippen LogP contribution is 2.28. The van der Waals surface area contributed by atoms with Gasteiger partial charge in [0.2, 0.25) is 15.9 Å². The number of benzene rings is 2. The summed E-state index contributed by atoms with van der Waals surface area (Å²) in [7, 11) is -3.73. The molecule has 0 radical (unpaired) electrons.